The van der Waals surface area contributed by atoms with Gasteiger partial charge in [0.15, 0.2) is 17.3 Å². The van der Waals surface area contributed by atoms with E-state index in [0.29, 0.717) is 22.5 Å². The molecule has 2 aromatic heterocycles. The zero-order valence-corrected chi connectivity index (χ0v) is 19.7. The summed E-state index contributed by atoms with van der Waals surface area (Å²) >= 11 is 5.95. The summed E-state index contributed by atoms with van der Waals surface area (Å²) in [5.41, 5.74) is 1.10. The number of quaternary nitrogens is 1. The predicted molar refractivity (Wildman–Crippen MR) is 129 cm³/mol. The quantitative estimate of drug-likeness (QED) is 0.275. The minimum Gasteiger partial charge on any atom is -0.613 e. The Hall–Kier alpha value is -3.11. The van der Waals surface area contributed by atoms with E-state index in [1.54, 1.807) is 31.3 Å². The molecular formula is C24H21ClFN3O4S. The lowest BCUT2D eigenvalue weighted by molar-refractivity contribution is -0.626. The van der Waals surface area contributed by atoms with Crippen LogP contribution in [0, 0.1) is 11.0 Å². The van der Waals surface area contributed by atoms with Crippen LogP contribution in [0.4, 0.5) is 10.1 Å². The molecule has 0 aliphatic rings. The minimum absolute atomic E-state index is 0.149. The number of aromatic nitrogens is 2. The van der Waals surface area contributed by atoms with E-state index in [4.69, 9.17) is 11.6 Å². The van der Waals surface area contributed by atoms with Crippen molar-refractivity contribution in [1.29, 1.82) is 0 Å². The smallest absolute Gasteiger partial charge is 0.300 e. The fraction of sp³-hybridized carbons (Fsp3) is 0.167. The number of hydrogen-bond acceptors (Lipinski definition) is 5. The molecule has 0 saturated carbocycles. The second kappa shape index (κ2) is 9.63. The van der Waals surface area contributed by atoms with E-state index in [2.05, 4.69) is 9.97 Å². The first-order valence-electron chi connectivity index (χ1n) is 10.6. The van der Waals surface area contributed by atoms with Crippen molar-refractivity contribution in [2.24, 2.45) is 0 Å². The Balaban J connectivity index is 1.73. The van der Waals surface area contributed by atoms with Crippen molar-refractivity contribution in [2.75, 3.05) is 5.75 Å². The molecular weight excluding hydrogens is 481 g/mol. The van der Waals surface area contributed by atoms with Gasteiger partial charge < -0.3 is 10.2 Å². The topological polar surface area (TPSA) is 107 Å². The van der Waals surface area contributed by atoms with Crippen LogP contribution in [-0.2, 0) is 10.0 Å². The highest BCUT2D eigenvalue weighted by Gasteiger charge is 2.27. The number of fused-ring (bicyclic) bond motifs is 1. The average Bonchev–Trinajstić information content (AvgIpc) is 3.26. The number of nitrogens with zero attached hydrogens (tertiary/aromatic N) is 1. The van der Waals surface area contributed by atoms with Crippen LogP contribution in [0.3, 0.4) is 0 Å². The zero-order valence-electron chi connectivity index (χ0n) is 18.1. The second-order valence-electron chi connectivity index (χ2n) is 7.79. The van der Waals surface area contributed by atoms with E-state index in [9.17, 15) is 18.4 Å². The van der Waals surface area contributed by atoms with Crippen LogP contribution < -0.4 is 4.47 Å². The summed E-state index contributed by atoms with van der Waals surface area (Å²) in [4.78, 5) is 20.5. The van der Waals surface area contributed by atoms with Crippen molar-refractivity contribution in [3.63, 3.8) is 0 Å². The third-order valence-electron chi connectivity index (χ3n) is 5.47. The summed E-state index contributed by atoms with van der Waals surface area (Å²) in [7, 11) is -4.18. The molecule has 1 unspecified atom stereocenters. The molecule has 0 spiro atoms. The van der Waals surface area contributed by atoms with Crippen molar-refractivity contribution in [3.05, 3.63) is 88.1 Å². The van der Waals surface area contributed by atoms with Gasteiger partial charge in [0.25, 0.3) is 10.0 Å². The molecule has 34 heavy (non-hydrogen) atoms. The molecule has 4 aromatic rings. The van der Waals surface area contributed by atoms with E-state index in [1.165, 1.54) is 18.3 Å². The van der Waals surface area contributed by atoms with Crippen LogP contribution in [0.5, 0.6) is 0 Å². The van der Waals surface area contributed by atoms with E-state index < -0.39 is 37.3 Å². The maximum Gasteiger partial charge on any atom is 0.300 e. The van der Waals surface area contributed by atoms with Gasteiger partial charge in [-0.05, 0) is 36.2 Å². The molecule has 4 rings (SSSR count). The standard InChI is InChI=1S/C24H21ClFN3O4S/c1-2-3-11-34(32,33)29(31)21-6-4-5-18(22(21)26)23(30)20-14-28-24-19(20)12-16(13-27-24)15-7-9-17(25)10-8-15/h4-10,12-14,29H,2-3,11H2,1H3,(H,27,28). The van der Waals surface area contributed by atoms with Gasteiger partial charge in [-0.3, -0.25) is 4.79 Å². The fourth-order valence-corrected chi connectivity index (χ4v) is 5.07. The van der Waals surface area contributed by atoms with Crippen LogP contribution in [-0.4, -0.2) is 29.9 Å². The van der Waals surface area contributed by atoms with Gasteiger partial charge in [-0.1, -0.05) is 43.1 Å². The van der Waals surface area contributed by atoms with Gasteiger partial charge in [-0.25, -0.2) is 9.45 Å². The summed E-state index contributed by atoms with van der Waals surface area (Å²) in [5, 5.41) is 13.6. The van der Waals surface area contributed by atoms with Crippen molar-refractivity contribution < 1.29 is 22.1 Å². The molecule has 7 nitrogen and oxygen atoms in total. The maximum absolute atomic E-state index is 15.3. The highest BCUT2D eigenvalue weighted by atomic mass is 35.5. The first kappa shape index (κ1) is 24.0. The first-order valence-corrected chi connectivity index (χ1v) is 12.6. The normalized spacial score (nSPS) is 12.7. The molecule has 2 aromatic carbocycles. The number of pyridine rings is 1. The predicted octanol–water partition coefficient (Wildman–Crippen LogP) is 4.40. The van der Waals surface area contributed by atoms with Gasteiger partial charge in [0.1, 0.15) is 11.4 Å². The van der Waals surface area contributed by atoms with Gasteiger partial charge in [-0.15, -0.1) is 0 Å². The number of unbranched alkanes of at least 4 members (excludes halogenated alkanes) is 1. The molecule has 0 saturated heterocycles. The molecule has 0 amide bonds. The second-order valence-corrected chi connectivity index (χ2v) is 10.2. The number of carbonyl (C=O) groups is 1. The summed E-state index contributed by atoms with van der Waals surface area (Å²) in [6, 6.07) is 12.4. The van der Waals surface area contributed by atoms with Crippen molar-refractivity contribution in [2.45, 2.75) is 19.8 Å². The SMILES string of the molecule is CCCCS(=O)(=O)[NH+]([O-])c1cccc(C(=O)c2c[nH]c3ncc(-c4ccc(Cl)cc4)cc23)c1F. The number of H-pyrrole nitrogens is 1. The molecule has 0 radical (unpaired) electrons. The number of aromatic amines is 1. The molecule has 0 aliphatic carbocycles. The number of benzene rings is 2. The van der Waals surface area contributed by atoms with E-state index >= 15 is 4.39 Å². The lowest BCUT2D eigenvalue weighted by atomic mass is 10.0. The molecule has 2 heterocycles. The van der Waals surface area contributed by atoms with Crippen molar-refractivity contribution >= 4 is 44.1 Å². The average molecular weight is 502 g/mol. The summed E-state index contributed by atoms with van der Waals surface area (Å²) in [5.74, 6) is -2.23. The zero-order chi connectivity index (χ0) is 24.5. The third-order valence-corrected chi connectivity index (χ3v) is 7.33. The Morgan fingerprint density at radius 2 is 1.88 bits per heavy atom. The number of nitrogens with one attached hydrogen (secondary N) is 2. The van der Waals surface area contributed by atoms with Crippen LogP contribution in [0.15, 0.2) is 60.9 Å². The number of sulfonamides is 1. The number of hydrogen-bond donors (Lipinski definition) is 2. The van der Waals surface area contributed by atoms with Crippen molar-refractivity contribution in [3.8, 4) is 11.1 Å². The number of ketones is 1. The van der Waals surface area contributed by atoms with E-state index in [0.717, 1.165) is 17.2 Å². The Labute approximate surface area is 200 Å². The number of carbonyl (C=O) groups excluding carboxylic acids is 1. The van der Waals surface area contributed by atoms with Gasteiger partial charge >= 0.3 is 0 Å². The summed E-state index contributed by atoms with van der Waals surface area (Å²) < 4.78 is 38.5. The first-order chi connectivity index (χ1) is 16.2. The Morgan fingerprint density at radius 3 is 2.59 bits per heavy atom. The largest absolute Gasteiger partial charge is 0.613 e. The number of rotatable bonds is 8. The number of halogens is 2. The van der Waals surface area contributed by atoms with E-state index in [-0.39, 0.29) is 17.7 Å². The maximum atomic E-state index is 15.3. The lowest BCUT2D eigenvalue weighted by Gasteiger charge is -2.21. The van der Waals surface area contributed by atoms with Crippen LogP contribution in [0.2, 0.25) is 5.02 Å². The van der Waals surface area contributed by atoms with Gasteiger partial charge in [0, 0.05) is 40.0 Å². The molecule has 176 valence electrons. The molecule has 0 fully saturated rings. The monoisotopic (exact) mass is 501 g/mol. The highest BCUT2D eigenvalue weighted by molar-refractivity contribution is 7.85. The lowest BCUT2D eigenvalue weighted by Crippen LogP contribution is -3.05. The third kappa shape index (κ3) is 4.60. The van der Waals surface area contributed by atoms with Gasteiger partial charge in [0.05, 0.1) is 5.56 Å². The van der Waals surface area contributed by atoms with Crippen molar-refractivity contribution in [1.82, 2.24) is 9.97 Å². The molecule has 0 aliphatic heterocycles. The molecule has 2 N–H and O–H groups in total. The Morgan fingerprint density at radius 1 is 1.15 bits per heavy atom. The fourth-order valence-electron chi connectivity index (χ4n) is 3.60. The molecule has 0 bridgehead atoms. The summed E-state index contributed by atoms with van der Waals surface area (Å²) in [6.45, 7) is 1.79. The van der Waals surface area contributed by atoms with Gasteiger partial charge in [0.2, 0.25) is 0 Å². The van der Waals surface area contributed by atoms with Crippen LogP contribution in [0.25, 0.3) is 22.2 Å². The van der Waals surface area contributed by atoms with Crippen LogP contribution >= 0.6 is 11.6 Å². The Bertz CT molecular complexity index is 1470. The highest BCUT2D eigenvalue weighted by Crippen LogP contribution is 2.28. The summed E-state index contributed by atoms with van der Waals surface area (Å²) in [6.07, 6.45) is 3.90. The molecule has 10 heteroatoms. The molecule has 1 atom stereocenters. The Kier molecular flexibility index (Phi) is 6.81. The minimum atomic E-state index is -4.18. The van der Waals surface area contributed by atoms with Crippen LogP contribution in [0.1, 0.15) is 35.7 Å². The van der Waals surface area contributed by atoms with E-state index in [1.807, 2.05) is 12.1 Å². The van der Waals surface area contributed by atoms with Gasteiger partial charge in [-0.2, -0.15) is 12.8 Å².